The number of hydrogen-bond acceptors (Lipinski definition) is 5. The minimum Gasteiger partial charge on any atom is -0.389 e. The molecule has 0 aromatic heterocycles. The van der Waals surface area contributed by atoms with Crippen molar-refractivity contribution in [2.75, 3.05) is 0 Å². The van der Waals surface area contributed by atoms with E-state index in [1.165, 1.54) is 0 Å². The molecule has 5 nitrogen and oxygen atoms in total. The van der Waals surface area contributed by atoms with Crippen LogP contribution in [0.1, 0.15) is 120 Å². The maximum absolute atomic E-state index is 12.9. The Morgan fingerprint density at radius 2 is 1.51 bits per heavy atom. The molecule has 5 fully saturated rings. The largest absolute Gasteiger partial charge is 0.389 e. The van der Waals surface area contributed by atoms with Gasteiger partial charge in [0.1, 0.15) is 5.60 Å². The Morgan fingerprint density at radius 1 is 0.829 bits per heavy atom. The Morgan fingerprint density at radius 3 is 2.23 bits per heavy atom. The Hall–Kier alpha value is -0.490. The number of fused-ring (bicyclic) bond motifs is 2. The second kappa shape index (κ2) is 8.01. The highest BCUT2D eigenvalue weighted by Crippen LogP contribution is 2.64. The molecule has 3 heterocycles. The molecule has 0 aromatic carbocycles. The molecular formula is C30H50O5. The molecule has 1 N–H and O–H groups in total. The maximum Gasteiger partial charge on any atom is 0.172 e. The van der Waals surface area contributed by atoms with Gasteiger partial charge in [0.05, 0.1) is 23.4 Å². The van der Waals surface area contributed by atoms with Gasteiger partial charge in [-0.25, -0.2) is 0 Å². The molecule has 2 saturated carbocycles. The van der Waals surface area contributed by atoms with Gasteiger partial charge in [-0.15, -0.1) is 0 Å². The van der Waals surface area contributed by atoms with E-state index in [0.717, 1.165) is 51.4 Å². The smallest absolute Gasteiger partial charge is 0.172 e. The van der Waals surface area contributed by atoms with Crippen molar-refractivity contribution < 1.29 is 24.1 Å². The van der Waals surface area contributed by atoms with Crippen LogP contribution >= 0.6 is 0 Å². The minimum atomic E-state index is -0.863. The van der Waals surface area contributed by atoms with Crippen LogP contribution in [0.3, 0.4) is 0 Å². The molecule has 2 aliphatic carbocycles. The number of ketones is 1. The number of aliphatic hydroxyl groups is 1. The Balaban J connectivity index is 1.43. The number of carbonyl (C=O) groups is 1. The summed E-state index contributed by atoms with van der Waals surface area (Å²) in [5, 5.41) is 12.6. The fourth-order valence-corrected chi connectivity index (χ4v) is 9.10. The van der Waals surface area contributed by atoms with Crippen molar-refractivity contribution in [2.45, 2.75) is 154 Å². The molecule has 0 amide bonds. The van der Waals surface area contributed by atoms with Crippen LogP contribution < -0.4 is 0 Å². The van der Waals surface area contributed by atoms with E-state index in [1.54, 1.807) is 0 Å². The molecule has 0 unspecified atom stereocenters. The van der Waals surface area contributed by atoms with Gasteiger partial charge in [0.2, 0.25) is 0 Å². The number of ether oxygens (including phenoxy) is 3. The van der Waals surface area contributed by atoms with E-state index >= 15 is 0 Å². The van der Waals surface area contributed by atoms with Crippen molar-refractivity contribution in [1.29, 1.82) is 0 Å². The van der Waals surface area contributed by atoms with Crippen LogP contribution in [0, 0.1) is 28.6 Å². The lowest BCUT2D eigenvalue weighted by Crippen LogP contribution is -2.62. The third kappa shape index (κ3) is 3.65. The molecule has 3 saturated heterocycles. The molecule has 5 heteroatoms. The second-order valence-electron chi connectivity index (χ2n) is 14.6. The number of rotatable bonds is 3. The van der Waals surface area contributed by atoms with Gasteiger partial charge in [0.15, 0.2) is 11.6 Å². The van der Waals surface area contributed by atoms with Gasteiger partial charge in [0, 0.05) is 24.2 Å². The highest BCUT2D eigenvalue weighted by molar-refractivity contribution is 5.86. The summed E-state index contributed by atoms with van der Waals surface area (Å²) in [6.07, 6.45) is 9.04. The standard InChI is InChI=1S/C30H50O5/c1-19-13-16-30-21(10-12-23(34-30)26(5,6)35-30)27(19,7)17-18-29(32)20(2)9-11-24-28(29,8)15-14-22(31)25(3,4)33-24/h19-21,23-24,32H,9-18H2,1-8H3/t19-,20+,21+,23-,24+,27+,28-,29+,30-/m1/s1. The lowest BCUT2D eigenvalue weighted by Gasteiger charge is -2.59. The first-order valence-corrected chi connectivity index (χ1v) is 14.4. The molecule has 0 aromatic rings. The normalized spacial score (nSPS) is 52.9. The first-order chi connectivity index (χ1) is 16.1. The molecule has 1 spiro atoms. The van der Waals surface area contributed by atoms with Gasteiger partial charge >= 0.3 is 0 Å². The van der Waals surface area contributed by atoms with Crippen molar-refractivity contribution in [2.24, 2.45) is 28.6 Å². The summed E-state index contributed by atoms with van der Waals surface area (Å²) in [6, 6.07) is 0. The minimum absolute atomic E-state index is 0.0308. The quantitative estimate of drug-likeness (QED) is 0.510. The van der Waals surface area contributed by atoms with E-state index in [4.69, 9.17) is 14.2 Å². The summed E-state index contributed by atoms with van der Waals surface area (Å²) in [4.78, 5) is 12.9. The molecule has 5 aliphatic rings. The van der Waals surface area contributed by atoms with E-state index in [0.29, 0.717) is 24.7 Å². The zero-order valence-electron chi connectivity index (χ0n) is 23.5. The molecule has 5 rings (SSSR count). The van der Waals surface area contributed by atoms with Crippen molar-refractivity contribution in [1.82, 2.24) is 0 Å². The second-order valence-corrected chi connectivity index (χ2v) is 14.6. The van der Waals surface area contributed by atoms with E-state index in [2.05, 4.69) is 41.5 Å². The van der Waals surface area contributed by atoms with E-state index in [1.807, 2.05) is 13.8 Å². The van der Waals surface area contributed by atoms with Gasteiger partial charge in [-0.2, -0.15) is 0 Å². The van der Waals surface area contributed by atoms with Crippen LogP contribution in [0.5, 0.6) is 0 Å². The van der Waals surface area contributed by atoms with Crippen molar-refractivity contribution in [3.8, 4) is 0 Å². The summed E-state index contributed by atoms with van der Waals surface area (Å²) >= 11 is 0. The maximum atomic E-state index is 12.9. The summed E-state index contributed by atoms with van der Waals surface area (Å²) in [5.41, 5.74) is -2.27. The van der Waals surface area contributed by atoms with E-state index in [9.17, 15) is 9.90 Å². The van der Waals surface area contributed by atoms with Gasteiger partial charge < -0.3 is 19.3 Å². The summed E-state index contributed by atoms with van der Waals surface area (Å²) < 4.78 is 20.0. The van der Waals surface area contributed by atoms with Crippen molar-refractivity contribution in [3.63, 3.8) is 0 Å². The predicted octanol–water partition coefficient (Wildman–Crippen LogP) is 6.20. The predicted molar refractivity (Wildman–Crippen MR) is 136 cm³/mol. The molecule has 35 heavy (non-hydrogen) atoms. The molecule has 0 radical (unpaired) electrons. The highest BCUT2D eigenvalue weighted by Gasteiger charge is 2.66. The molecule has 2 bridgehead atoms. The van der Waals surface area contributed by atoms with Crippen LogP contribution in [0.2, 0.25) is 0 Å². The van der Waals surface area contributed by atoms with Crippen LogP contribution in [0.15, 0.2) is 0 Å². The SMILES string of the molecule is C[C@@H]1CC[C@]23O[C@H](CC[C@H]2[C@@]1(C)CC[C@]1(O)[C@@H](C)CC[C@@H]2OC(C)(C)C(=O)CC[C@]21C)C(C)(C)O3. The Labute approximate surface area is 213 Å². The summed E-state index contributed by atoms with van der Waals surface area (Å²) in [7, 11) is 0. The number of Topliss-reactive ketones (excluding diaryl/α,β-unsaturated/α-hetero) is 1. The topological polar surface area (TPSA) is 65.0 Å². The highest BCUT2D eigenvalue weighted by atomic mass is 16.8. The van der Waals surface area contributed by atoms with Gasteiger partial charge in [-0.05, 0) is 96.3 Å². The van der Waals surface area contributed by atoms with Crippen LogP contribution in [-0.4, -0.2) is 45.7 Å². The fourth-order valence-electron chi connectivity index (χ4n) is 9.10. The van der Waals surface area contributed by atoms with Crippen molar-refractivity contribution in [3.05, 3.63) is 0 Å². The zero-order valence-corrected chi connectivity index (χ0v) is 23.5. The number of hydrogen-bond donors (Lipinski definition) is 1. The first-order valence-electron chi connectivity index (χ1n) is 14.4. The third-order valence-corrected chi connectivity index (χ3v) is 12.1. The summed E-state index contributed by atoms with van der Waals surface area (Å²) in [5.74, 6) is 0.751. The van der Waals surface area contributed by atoms with E-state index in [-0.39, 0.29) is 34.9 Å². The van der Waals surface area contributed by atoms with Gasteiger partial charge in [0.25, 0.3) is 0 Å². The zero-order chi connectivity index (χ0) is 25.7. The third-order valence-electron chi connectivity index (χ3n) is 12.1. The van der Waals surface area contributed by atoms with Crippen LogP contribution in [0.4, 0.5) is 0 Å². The lowest BCUT2D eigenvalue weighted by atomic mass is 9.51. The molecule has 3 aliphatic heterocycles. The van der Waals surface area contributed by atoms with Crippen LogP contribution in [-0.2, 0) is 19.0 Å². The monoisotopic (exact) mass is 490 g/mol. The van der Waals surface area contributed by atoms with Gasteiger partial charge in [-0.3, -0.25) is 4.79 Å². The number of carbonyl (C=O) groups excluding carboxylic acids is 1. The molecular weight excluding hydrogens is 440 g/mol. The average molecular weight is 491 g/mol. The Kier molecular flexibility index (Phi) is 5.98. The fraction of sp³-hybridized carbons (Fsp3) is 0.967. The lowest BCUT2D eigenvalue weighted by molar-refractivity contribution is -0.289. The van der Waals surface area contributed by atoms with Gasteiger partial charge in [-0.1, -0.05) is 27.7 Å². The van der Waals surface area contributed by atoms with Crippen molar-refractivity contribution >= 4 is 5.78 Å². The average Bonchev–Trinajstić information content (AvgIpc) is 2.92. The molecule has 200 valence electrons. The molecule has 9 atom stereocenters. The Bertz CT molecular complexity index is 867. The summed E-state index contributed by atoms with van der Waals surface area (Å²) in [6.45, 7) is 17.4. The van der Waals surface area contributed by atoms with E-state index < -0.39 is 22.4 Å². The first kappa shape index (κ1) is 26.1. The van der Waals surface area contributed by atoms with Crippen LogP contribution in [0.25, 0.3) is 0 Å².